The first-order chi connectivity index (χ1) is 15.6. The summed E-state index contributed by atoms with van der Waals surface area (Å²) in [6.45, 7) is 4.76. The molecule has 0 spiro atoms. The molecule has 5 rings (SSSR count). The van der Waals surface area contributed by atoms with Crippen LogP contribution in [0.1, 0.15) is 51.6 Å². The number of benzene rings is 1. The van der Waals surface area contributed by atoms with Crippen molar-refractivity contribution in [1.82, 2.24) is 24.6 Å². The average molecular weight is 432 g/mol. The first kappa shape index (κ1) is 23.3. The van der Waals surface area contributed by atoms with E-state index in [0.29, 0.717) is 11.1 Å². The number of nitrogens with two attached hydrogens (primary N) is 1. The highest BCUT2D eigenvalue weighted by atomic mass is 15.3. The maximum absolute atomic E-state index is 5.78. The molecule has 2 N–H and O–H groups in total. The van der Waals surface area contributed by atoms with Gasteiger partial charge in [-0.05, 0) is 48.4 Å². The molecule has 3 aromatic heterocycles. The Hall–Kier alpha value is -2.83. The predicted molar refractivity (Wildman–Crippen MR) is 136 cm³/mol. The second kappa shape index (κ2) is 9.20. The second-order valence-corrected chi connectivity index (χ2v) is 9.71. The van der Waals surface area contributed by atoms with Crippen LogP contribution in [-0.2, 0) is 6.42 Å². The van der Waals surface area contributed by atoms with E-state index in [9.17, 15) is 0 Å². The Morgan fingerprint density at radius 2 is 1.70 bits per heavy atom. The number of nitrogen functional groups attached to an aromatic ring is 1. The molecule has 0 atom stereocenters. The molecule has 1 aromatic carbocycles. The molecule has 0 bridgehead atoms. The van der Waals surface area contributed by atoms with Crippen LogP contribution in [0.4, 0.5) is 5.95 Å². The van der Waals surface area contributed by atoms with Gasteiger partial charge in [0.15, 0.2) is 0 Å². The van der Waals surface area contributed by atoms with E-state index >= 15 is 0 Å². The lowest BCUT2D eigenvalue weighted by molar-refractivity contribution is 0.244. The van der Waals surface area contributed by atoms with Crippen LogP contribution in [0.2, 0.25) is 5.11 Å². The summed E-state index contributed by atoms with van der Waals surface area (Å²) in [5.41, 5.74) is 11.3. The van der Waals surface area contributed by atoms with Crippen molar-refractivity contribution in [2.24, 2.45) is 5.41 Å². The maximum Gasteiger partial charge on any atom is 0.238 e. The molecule has 1 aliphatic rings. The molecule has 9 heteroatoms. The molecular formula is C24H27B3N6. The Morgan fingerprint density at radius 1 is 1.00 bits per heavy atom. The van der Waals surface area contributed by atoms with Gasteiger partial charge in [-0.25, -0.2) is 9.50 Å². The second-order valence-electron chi connectivity index (χ2n) is 9.71. The molecular weight excluding hydrogens is 405 g/mol. The van der Waals surface area contributed by atoms with Crippen molar-refractivity contribution in [3.8, 4) is 11.1 Å². The zero-order chi connectivity index (χ0) is 23.6. The van der Waals surface area contributed by atoms with E-state index in [-0.39, 0.29) is 12.4 Å². The predicted octanol–water partition coefficient (Wildman–Crippen LogP) is 4.02. The maximum atomic E-state index is 5.78. The van der Waals surface area contributed by atoms with Gasteiger partial charge in [0.2, 0.25) is 5.95 Å². The van der Waals surface area contributed by atoms with Gasteiger partial charge in [0.1, 0.15) is 0 Å². The van der Waals surface area contributed by atoms with E-state index in [1.54, 1.807) is 23.1 Å². The summed E-state index contributed by atoms with van der Waals surface area (Å²) in [5.74, 6) is 0.123. The number of anilines is 1. The largest absolute Gasteiger partial charge is 0.367 e. The first-order valence-electron chi connectivity index (χ1n) is 11.3. The SMILES string of the molecule is CC1(C)CCCCC1.[B]C([B])([B])Cc1nc(N)nn2ccc(-c3ccc4nccnc4c3)c12. The van der Waals surface area contributed by atoms with Crippen molar-refractivity contribution >= 4 is 46.0 Å². The monoisotopic (exact) mass is 432 g/mol. The number of aromatic nitrogens is 5. The molecule has 1 saturated carbocycles. The average Bonchev–Trinajstić information content (AvgIpc) is 3.16. The minimum absolute atomic E-state index is 0.123. The normalized spacial score (nSPS) is 15.8. The Kier molecular flexibility index (Phi) is 6.51. The van der Waals surface area contributed by atoms with Gasteiger partial charge in [0, 0.05) is 24.2 Å². The van der Waals surface area contributed by atoms with E-state index in [1.165, 1.54) is 32.1 Å². The van der Waals surface area contributed by atoms with Crippen LogP contribution in [0.3, 0.4) is 0 Å². The fourth-order valence-electron chi connectivity index (χ4n) is 4.40. The van der Waals surface area contributed by atoms with E-state index in [0.717, 1.165) is 27.7 Å². The van der Waals surface area contributed by atoms with Crippen LogP contribution in [0.5, 0.6) is 0 Å². The first-order valence-corrected chi connectivity index (χ1v) is 11.3. The summed E-state index contributed by atoms with van der Waals surface area (Å²) < 4.78 is 1.65. The molecule has 0 aliphatic heterocycles. The topological polar surface area (TPSA) is 82.0 Å². The molecule has 1 fully saturated rings. The molecule has 0 amide bonds. The summed E-state index contributed by atoms with van der Waals surface area (Å²) in [6, 6.07) is 7.76. The molecule has 1 aliphatic carbocycles. The minimum atomic E-state index is -1.41. The third kappa shape index (κ3) is 5.76. The van der Waals surface area contributed by atoms with E-state index < -0.39 is 5.11 Å². The lowest BCUT2D eigenvalue weighted by Crippen LogP contribution is -2.18. The fourth-order valence-corrected chi connectivity index (χ4v) is 4.40. The van der Waals surface area contributed by atoms with E-state index in [1.807, 2.05) is 24.3 Å². The molecule has 0 saturated heterocycles. The van der Waals surface area contributed by atoms with Gasteiger partial charge in [-0.1, -0.05) is 39.2 Å². The number of rotatable bonds is 3. The van der Waals surface area contributed by atoms with Gasteiger partial charge in [-0.2, -0.15) is 0 Å². The van der Waals surface area contributed by atoms with Crippen LogP contribution in [-0.4, -0.2) is 48.1 Å². The van der Waals surface area contributed by atoms with Gasteiger partial charge in [-0.15, -0.1) is 10.2 Å². The molecule has 6 nitrogen and oxygen atoms in total. The third-order valence-corrected chi connectivity index (χ3v) is 6.06. The summed E-state index contributed by atoms with van der Waals surface area (Å²) in [6.07, 6.45) is 12.6. The van der Waals surface area contributed by atoms with Crippen LogP contribution >= 0.6 is 0 Å². The summed E-state index contributed by atoms with van der Waals surface area (Å²) in [5, 5.41) is 2.80. The fraction of sp³-hybridized carbons (Fsp3) is 0.417. The highest BCUT2D eigenvalue weighted by Gasteiger charge is 2.20. The Bertz CT molecular complexity index is 1250. The highest BCUT2D eigenvalue weighted by molar-refractivity contribution is 6.59. The van der Waals surface area contributed by atoms with Crippen molar-refractivity contribution in [3.63, 3.8) is 0 Å². The lowest BCUT2D eigenvalue weighted by atomic mass is 9.41. The summed E-state index contributed by atoms with van der Waals surface area (Å²) >= 11 is 0. The summed E-state index contributed by atoms with van der Waals surface area (Å²) in [4.78, 5) is 12.9. The van der Waals surface area contributed by atoms with Crippen LogP contribution in [0.25, 0.3) is 27.7 Å². The molecule has 162 valence electrons. The molecule has 4 aromatic rings. The Labute approximate surface area is 199 Å². The zero-order valence-corrected chi connectivity index (χ0v) is 19.3. The highest BCUT2D eigenvalue weighted by Crippen LogP contribution is 2.34. The van der Waals surface area contributed by atoms with Crippen molar-refractivity contribution in [2.75, 3.05) is 5.73 Å². The van der Waals surface area contributed by atoms with Crippen LogP contribution < -0.4 is 5.73 Å². The van der Waals surface area contributed by atoms with Gasteiger partial charge < -0.3 is 5.73 Å². The van der Waals surface area contributed by atoms with Crippen molar-refractivity contribution in [3.05, 3.63) is 48.5 Å². The number of hydrogen-bond acceptors (Lipinski definition) is 5. The quantitative estimate of drug-likeness (QED) is 0.495. The number of fused-ring (bicyclic) bond motifs is 2. The van der Waals surface area contributed by atoms with Gasteiger partial charge in [-0.3, -0.25) is 9.97 Å². The smallest absolute Gasteiger partial charge is 0.238 e. The molecule has 6 radical (unpaired) electrons. The summed E-state index contributed by atoms with van der Waals surface area (Å²) in [7, 11) is 17.3. The number of nitrogens with zero attached hydrogens (tertiary/aromatic N) is 5. The van der Waals surface area contributed by atoms with Crippen LogP contribution in [0.15, 0.2) is 42.9 Å². The third-order valence-electron chi connectivity index (χ3n) is 6.06. The van der Waals surface area contributed by atoms with Crippen molar-refractivity contribution < 1.29 is 0 Å². The Morgan fingerprint density at radius 3 is 2.33 bits per heavy atom. The van der Waals surface area contributed by atoms with Crippen molar-refractivity contribution in [2.45, 2.75) is 57.5 Å². The lowest BCUT2D eigenvalue weighted by Gasteiger charge is -2.28. The van der Waals surface area contributed by atoms with Gasteiger partial charge in [0.05, 0.1) is 45.8 Å². The number of hydrogen-bond donors (Lipinski definition) is 1. The van der Waals surface area contributed by atoms with E-state index in [2.05, 4.69) is 33.9 Å². The van der Waals surface area contributed by atoms with Gasteiger partial charge in [0.25, 0.3) is 0 Å². The van der Waals surface area contributed by atoms with Crippen LogP contribution in [0, 0.1) is 5.41 Å². The Balaban J connectivity index is 0.000000275. The molecule has 33 heavy (non-hydrogen) atoms. The standard InChI is InChI=1S/C16H11B3N6.C8H16/c17-16(18,19)8-13-14-10(3-6-25(14)24-15(20)23-13)9-1-2-11-12(7-9)22-5-4-21-11;1-8(2)6-4-3-5-7-8/h1-7H,8H2,(H2,20,24);3-7H2,1-2H3. The zero-order valence-electron chi connectivity index (χ0n) is 19.3. The molecule has 3 heterocycles. The molecule has 0 unspecified atom stereocenters. The minimum Gasteiger partial charge on any atom is -0.367 e. The van der Waals surface area contributed by atoms with Crippen molar-refractivity contribution in [1.29, 1.82) is 0 Å². The van der Waals surface area contributed by atoms with Gasteiger partial charge >= 0.3 is 0 Å². The van der Waals surface area contributed by atoms with E-state index in [4.69, 9.17) is 29.3 Å².